The Morgan fingerprint density at radius 2 is 2.05 bits per heavy atom. The number of urea groups is 1. The van der Waals surface area contributed by atoms with Crippen molar-refractivity contribution in [1.82, 2.24) is 5.32 Å². The second-order valence-electron chi connectivity index (χ2n) is 3.71. The SMILES string of the molecule is COC(=O)c1ccc(NC(=O)NCCC(=O)O)cc1Cl. The van der Waals surface area contributed by atoms with E-state index in [1.807, 2.05) is 0 Å². The Balaban J connectivity index is 2.60. The van der Waals surface area contributed by atoms with Crippen molar-refractivity contribution < 1.29 is 24.2 Å². The number of hydrogen-bond acceptors (Lipinski definition) is 4. The molecule has 7 nitrogen and oxygen atoms in total. The van der Waals surface area contributed by atoms with E-state index in [4.69, 9.17) is 16.7 Å². The van der Waals surface area contributed by atoms with Gasteiger partial charge in [0.05, 0.1) is 24.1 Å². The Bertz CT molecular complexity index is 533. The molecule has 0 aliphatic rings. The molecular weight excluding hydrogens is 288 g/mol. The first-order chi connectivity index (χ1) is 9.43. The van der Waals surface area contributed by atoms with Crippen molar-refractivity contribution in [3.8, 4) is 0 Å². The first kappa shape index (κ1) is 15.8. The fourth-order valence-electron chi connectivity index (χ4n) is 1.33. The number of anilines is 1. The van der Waals surface area contributed by atoms with Crippen molar-refractivity contribution in [1.29, 1.82) is 0 Å². The normalized spacial score (nSPS) is 9.70. The summed E-state index contributed by atoms with van der Waals surface area (Å²) in [7, 11) is 1.24. The molecule has 0 fully saturated rings. The fraction of sp³-hybridized carbons (Fsp3) is 0.250. The summed E-state index contributed by atoms with van der Waals surface area (Å²) in [5.41, 5.74) is 0.557. The number of rotatable bonds is 5. The molecule has 0 heterocycles. The number of carbonyl (C=O) groups is 3. The van der Waals surface area contributed by atoms with Gasteiger partial charge in [-0.25, -0.2) is 9.59 Å². The number of amides is 2. The average molecular weight is 301 g/mol. The van der Waals surface area contributed by atoms with E-state index in [-0.39, 0.29) is 23.6 Å². The maximum atomic E-state index is 11.4. The number of hydrogen-bond donors (Lipinski definition) is 3. The molecule has 0 aliphatic heterocycles. The largest absolute Gasteiger partial charge is 0.481 e. The number of nitrogens with one attached hydrogen (secondary N) is 2. The van der Waals surface area contributed by atoms with Crippen LogP contribution in [-0.4, -0.2) is 36.7 Å². The smallest absolute Gasteiger partial charge is 0.339 e. The zero-order valence-corrected chi connectivity index (χ0v) is 11.4. The Labute approximate surface area is 119 Å². The number of carbonyl (C=O) groups excluding carboxylic acids is 2. The van der Waals surface area contributed by atoms with Crippen LogP contribution in [0, 0.1) is 0 Å². The van der Waals surface area contributed by atoms with Crippen LogP contribution in [0.25, 0.3) is 0 Å². The van der Waals surface area contributed by atoms with Crippen LogP contribution in [0.15, 0.2) is 18.2 Å². The molecule has 2 amide bonds. The molecular formula is C12H13ClN2O5. The number of esters is 1. The first-order valence-corrected chi connectivity index (χ1v) is 5.96. The van der Waals surface area contributed by atoms with E-state index in [0.29, 0.717) is 5.69 Å². The molecule has 0 spiro atoms. The second-order valence-corrected chi connectivity index (χ2v) is 4.12. The van der Waals surface area contributed by atoms with Gasteiger partial charge in [0.1, 0.15) is 0 Å². The van der Waals surface area contributed by atoms with E-state index in [1.54, 1.807) is 0 Å². The molecule has 0 aromatic heterocycles. The maximum Gasteiger partial charge on any atom is 0.339 e. The molecule has 0 bridgehead atoms. The Hall–Kier alpha value is -2.28. The van der Waals surface area contributed by atoms with Crippen molar-refractivity contribution in [2.24, 2.45) is 0 Å². The lowest BCUT2D eigenvalue weighted by Gasteiger charge is -2.08. The van der Waals surface area contributed by atoms with Gasteiger partial charge in [-0.3, -0.25) is 4.79 Å². The first-order valence-electron chi connectivity index (χ1n) is 5.58. The fourth-order valence-corrected chi connectivity index (χ4v) is 1.58. The van der Waals surface area contributed by atoms with E-state index < -0.39 is 18.0 Å². The summed E-state index contributed by atoms with van der Waals surface area (Å²) in [4.78, 5) is 33.0. The molecule has 20 heavy (non-hydrogen) atoms. The van der Waals surface area contributed by atoms with E-state index in [9.17, 15) is 14.4 Å². The van der Waals surface area contributed by atoms with Gasteiger partial charge in [0, 0.05) is 12.2 Å². The van der Waals surface area contributed by atoms with E-state index in [0.717, 1.165) is 0 Å². The molecule has 0 radical (unpaired) electrons. The topological polar surface area (TPSA) is 105 Å². The van der Waals surface area contributed by atoms with Crippen LogP contribution in [0.2, 0.25) is 5.02 Å². The third-order valence-corrected chi connectivity index (χ3v) is 2.57. The minimum atomic E-state index is -1.00. The van der Waals surface area contributed by atoms with Crippen LogP contribution in [-0.2, 0) is 9.53 Å². The van der Waals surface area contributed by atoms with Crippen molar-refractivity contribution >= 4 is 35.3 Å². The predicted octanol–water partition coefficient (Wildman–Crippen LogP) is 1.72. The number of benzene rings is 1. The van der Waals surface area contributed by atoms with Gasteiger partial charge in [0.2, 0.25) is 0 Å². The van der Waals surface area contributed by atoms with E-state index >= 15 is 0 Å². The maximum absolute atomic E-state index is 11.4. The van der Waals surface area contributed by atoms with Gasteiger partial charge in [-0.2, -0.15) is 0 Å². The minimum absolute atomic E-state index is 0.00907. The molecule has 1 aromatic carbocycles. The molecule has 108 valence electrons. The number of carboxylic acid groups (broad SMARTS) is 1. The second kappa shape index (κ2) is 7.34. The monoisotopic (exact) mass is 300 g/mol. The van der Waals surface area contributed by atoms with Gasteiger partial charge in [0.25, 0.3) is 0 Å². The highest BCUT2D eigenvalue weighted by molar-refractivity contribution is 6.33. The molecule has 0 atom stereocenters. The van der Waals surface area contributed by atoms with Gasteiger partial charge < -0.3 is 20.5 Å². The minimum Gasteiger partial charge on any atom is -0.481 e. The molecule has 0 unspecified atom stereocenters. The van der Waals surface area contributed by atoms with Gasteiger partial charge in [-0.05, 0) is 18.2 Å². The molecule has 8 heteroatoms. The third-order valence-electron chi connectivity index (χ3n) is 2.26. The van der Waals surface area contributed by atoms with Crippen LogP contribution in [0.5, 0.6) is 0 Å². The highest BCUT2D eigenvalue weighted by Crippen LogP contribution is 2.21. The van der Waals surface area contributed by atoms with Gasteiger partial charge in [0.15, 0.2) is 0 Å². The van der Waals surface area contributed by atoms with Crippen LogP contribution in [0.4, 0.5) is 10.5 Å². The van der Waals surface area contributed by atoms with Crippen LogP contribution in [0.3, 0.4) is 0 Å². The summed E-state index contributed by atoms with van der Waals surface area (Å²) in [6.45, 7) is 0.00907. The molecule has 1 rings (SSSR count). The summed E-state index contributed by atoms with van der Waals surface area (Å²) in [6, 6.07) is 3.73. The zero-order chi connectivity index (χ0) is 15.1. The molecule has 0 aliphatic carbocycles. The molecule has 0 saturated carbocycles. The molecule has 0 saturated heterocycles. The van der Waals surface area contributed by atoms with Crippen molar-refractivity contribution in [2.75, 3.05) is 19.0 Å². The van der Waals surface area contributed by atoms with Crippen molar-refractivity contribution in [3.63, 3.8) is 0 Å². The molecule has 3 N–H and O–H groups in total. The quantitative estimate of drug-likeness (QED) is 0.718. The van der Waals surface area contributed by atoms with Crippen molar-refractivity contribution in [2.45, 2.75) is 6.42 Å². The number of aliphatic carboxylic acids is 1. The van der Waals surface area contributed by atoms with Gasteiger partial charge in [-0.1, -0.05) is 11.6 Å². The van der Waals surface area contributed by atoms with Crippen LogP contribution < -0.4 is 10.6 Å². The lowest BCUT2D eigenvalue weighted by molar-refractivity contribution is -0.136. The summed E-state index contributed by atoms with van der Waals surface area (Å²) in [5.74, 6) is -1.58. The van der Waals surface area contributed by atoms with Gasteiger partial charge in [-0.15, -0.1) is 0 Å². The highest BCUT2D eigenvalue weighted by Gasteiger charge is 2.11. The van der Waals surface area contributed by atoms with Crippen LogP contribution in [0.1, 0.15) is 16.8 Å². The zero-order valence-electron chi connectivity index (χ0n) is 10.6. The molecule has 1 aromatic rings. The van der Waals surface area contributed by atoms with Crippen LogP contribution >= 0.6 is 11.6 Å². The van der Waals surface area contributed by atoms with E-state index in [1.165, 1.54) is 25.3 Å². The Kier molecular flexibility index (Phi) is 5.79. The number of carboxylic acids is 1. The van der Waals surface area contributed by atoms with E-state index in [2.05, 4.69) is 15.4 Å². The summed E-state index contributed by atoms with van der Waals surface area (Å²) < 4.78 is 4.53. The van der Waals surface area contributed by atoms with Gasteiger partial charge >= 0.3 is 18.0 Å². The summed E-state index contributed by atoms with van der Waals surface area (Å²) in [5, 5.41) is 13.4. The number of halogens is 1. The highest BCUT2D eigenvalue weighted by atomic mass is 35.5. The number of ether oxygens (including phenoxy) is 1. The standard InChI is InChI=1S/C12H13ClN2O5/c1-20-11(18)8-3-2-7(6-9(8)13)15-12(19)14-5-4-10(16)17/h2-3,6H,4-5H2,1H3,(H,16,17)(H2,14,15,19). The summed E-state index contributed by atoms with van der Waals surface area (Å²) >= 11 is 5.88. The Morgan fingerprint density at radius 1 is 1.35 bits per heavy atom. The third kappa shape index (κ3) is 4.77. The summed E-state index contributed by atoms with van der Waals surface area (Å²) in [6.07, 6.45) is -0.171. The average Bonchev–Trinajstić information content (AvgIpc) is 2.37. The number of methoxy groups -OCH3 is 1. The lowest BCUT2D eigenvalue weighted by Crippen LogP contribution is -2.30. The lowest BCUT2D eigenvalue weighted by atomic mass is 10.2. The predicted molar refractivity (Wildman–Crippen MR) is 72.1 cm³/mol. The van der Waals surface area contributed by atoms with Crippen molar-refractivity contribution in [3.05, 3.63) is 28.8 Å². The Morgan fingerprint density at radius 3 is 2.60 bits per heavy atom.